The summed E-state index contributed by atoms with van der Waals surface area (Å²) in [5.74, 6) is 0.729. The van der Waals surface area contributed by atoms with Crippen LogP contribution in [-0.2, 0) is 10.0 Å². The van der Waals surface area contributed by atoms with Crippen LogP contribution in [0.15, 0.2) is 42.5 Å². The van der Waals surface area contributed by atoms with Crippen LogP contribution >= 0.6 is 0 Å². The highest BCUT2D eigenvalue weighted by Crippen LogP contribution is 2.49. The monoisotopic (exact) mass is 333 g/mol. The van der Waals surface area contributed by atoms with E-state index in [0.29, 0.717) is 0 Å². The minimum absolute atomic E-state index is 0.0477. The zero-order chi connectivity index (χ0) is 16.5. The van der Waals surface area contributed by atoms with E-state index in [1.165, 1.54) is 6.42 Å². The third-order valence-electron chi connectivity index (χ3n) is 5.79. The third kappa shape index (κ3) is 3.24. The molecule has 0 saturated heterocycles. The van der Waals surface area contributed by atoms with Gasteiger partial charge in [0.05, 0.1) is 5.25 Å². The lowest BCUT2D eigenvalue weighted by atomic mass is 9.60. The highest BCUT2D eigenvalue weighted by Gasteiger charge is 2.46. The fourth-order valence-electron chi connectivity index (χ4n) is 4.03. The van der Waals surface area contributed by atoms with Crippen molar-refractivity contribution < 1.29 is 8.42 Å². The Labute approximate surface area is 140 Å². The number of rotatable bonds is 5. The van der Waals surface area contributed by atoms with Crippen LogP contribution in [0.3, 0.4) is 0 Å². The minimum Gasteiger partial charge on any atom is -0.212 e. The van der Waals surface area contributed by atoms with Crippen LogP contribution in [0.5, 0.6) is 0 Å². The molecule has 1 fully saturated rings. The van der Waals surface area contributed by atoms with Crippen molar-refractivity contribution in [2.24, 2.45) is 11.3 Å². The molecule has 0 aromatic heterocycles. The number of hydrogen-bond acceptors (Lipinski definition) is 2. The van der Waals surface area contributed by atoms with E-state index in [-0.39, 0.29) is 11.5 Å². The van der Waals surface area contributed by atoms with Crippen LogP contribution < -0.4 is 4.72 Å². The number of hydrogen-bond donors (Lipinski definition) is 1. The molecule has 2 aliphatic carbocycles. The summed E-state index contributed by atoms with van der Waals surface area (Å²) in [4.78, 5) is 0. The molecule has 3 unspecified atom stereocenters. The lowest BCUT2D eigenvalue weighted by Crippen LogP contribution is -2.52. The molecule has 4 heteroatoms. The summed E-state index contributed by atoms with van der Waals surface area (Å²) >= 11 is 0. The molecule has 0 amide bonds. The lowest BCUT2D eigenvalue weighted by molar-refractivity contribution is 0.130. The van der Waals surface area contributed by atoms with Gasteiger partial charge in [-0.15, -0.1) is 0 Å². The fourth-order valence-corrected chi connectivity index (χ4v) is 5.50. The fraction of sp³-hybridized carbons (Fsp3) is 0.579. The van der Waals surface area contributed by atoms with Gasteiger partial charge in [-0.1, -0.05) is 55.8 Å². The van der Waals surface area contributed by atoms with Gasteiger partial charge in [0.15, 0.2) is 0 Å². The van der Waals surface area contributed by atoms with Crippen LogP contribution in [0, 0.1) is 11.3 Å². The highest BCUT2D eigenvalue weighted by molar-refractivity contribution is 7.89. The van der Waals surface area contributed by atoms with Gasteiger partial charge in [-0.3, -0.25) is 0 Å². The van der Waals surface area contributed by atoms with Gasteiger partial charge in [0.25, 0.3) is 0 Å². The van der Waals surface area contributed by atoms with Crippen LogP contribution in [0.4, 0.5) is 0 Å². The zero-order valence-corrected chi connectivity index (χ0v) is 14.9. The van der Waals surface area contributed by atoms with Crippen molar-refractivity contribution in [3.05, 3.63) is 48.0 Å². The first kappa shape index (κ1) is 16.7. The predicted molar refractivity (Wildman–Crippen MR) is 94.5 cm³/mol. The number of allylic oxidation sites excluding steroid dienone is 1. The molecule has 1 N–H and O–H groups in total. The maximum atomic E-state index is 12.8. The molecule has 1 aromatic carbocycles. The van der Waals surface area contributed by atoms with Gasteiger partial charge < -0.3 is 0 Å². The largest absolute Gasteiger partial charge is 0.218 e. The summed E-state index contributed by atoms with van der Waals surface area (Å²) in [5.41, 5.74) is 0.906. The molecule has 1 aromatic rings. The molecule has 0 radical (unpaired) electrons. The average molecular weight is 333 g/mol. The molecule has 0 bridgehead atoms. The van der Waals surface area contributed by atoms with Crippen molar-refractivity contribution >= 4 is 10.0 Å². The highest BCUT2D eigenvalue weighted by atomic mass is 32.2. The third-order valence-corrected chi connectivity index (χ3v) is 7.61. The molecule has 1 saturated carbocycles. The first-order valence-electron chi connectivity index (χ1n) is 8.70. The van der Waals surface area contributed by atoms with Gasteiger partial charge in [0.2, 0.25) is 10.0 Å². The van der Waals surface area contributed by atoms with Crippen molar-refractivity contribution in [1.82, 2.24) is 4.72 Å². The first-order valence-corrected chi connectivity index (χ1v) is 10.3. The van der Waals surface area contributed by atoms with Crippen LogP contribution in [-0.4, -0.2) is 14.5 Å². The smallest absolute Gasteiger partial charge is 0.212 e. The maximum absolute atomic E-state index is 12.8. The second-order valence-electron chi connectivity index (χ2n) is 7.16. The summed E-state index contributed by atoms with van der Waals surface area (Å²) in [6.45, 7) is 4.02. The number of benzene rings is 1. The lowest BCUT2D eigenvalue weighted by Gasteiger charge is -2.49. The van der Waals surface area contributed by atoms with Gasteiger partial charge in [-0.2, -0.15) is 0 Å². The first-order chi connectivity index (χ1) is 11.0. The Hall–Kier alpha value is -1.13. The van der Waals surface area contributed by atoms with Gasteiger partial charge in [0.1, 0.15) is 0 Å². The van der Waals surface area contributed by atoms with E-state index in [4.69, 9.17) is 0 Å². The van der Waals surface area contributed by atoms with Crippen molar-refractivity contribution in [3.63, 3.8) is 0 Å². The Kier molecular flexibility index (Phi) is 4.65. The quantitative estimate of drug-likeness (QED) is 0.821. The molecule has 0 aliphatic heterocycles. The van der Waals surface area contributed by atoms with Gasteiger partial charge >= 0.3 is 0 Å². The van der Waals surface area contributed by atoms with E-state index in [1.807, 2.05) is 30.3 Å². The molecule has 0 heterocycles. The van der Waals surface area contributed by atoms with Crippen molar-refractivity contribution in [2.75, 3.05) is 0 Å². The van der Waals surface area contributed by atoms with Gasteiger partial charge in [-0.05, 0) is 44.1 Å². The molecular weight excluding hydrogens is 306 g/mol. The number of nitrogens with one attached hydrogen (secondary N) is 1. The summed E-state index contributed by atoms with van der Waals surface area (Å²) in [6, 6.07) is 9.52. The van der Waals surface area contributed by atoms with Crippen molar-refractivity contribution in [2.45, 2.75) is 57.2 Å². The summed E-state index contributed by atoms with van der Waals surface area (Å²) < 4.78 is 28.7. The Morgan fingerprint density at radius 1 is 1.26 bits per heavy atom. The molecule has 4 atom stereocenters. The molecule has 2 aliphatic rings. The van der Waals surface area contributed by atoms with Gasteiger partial charge in [-0.25, -0.2) is 13.1 Å². The molecule has 126 valence electrons. The van der Waals surface area contributed by atoms with E-state index < -0.39 is 15.3 Å². The Balaban J connectivity index is 1.76. The minimum atomic E-state index is -3.37. The average Bonchev–Trinajstić information content (AvgIpc) is 2.53. The van der Waals surface area contributed by atoms with E-state index in [2.05, 4.69) is 23.8 Å². The molecule has 3 rings (SSSR count). The topological polar surface area (TPSA) is 46.2 Å². The summed E-state index contributed by atoms with van der Waals surface area (Å²) in [6.07, 6.45) is 9.82. The van der Waals surface area contributed by atoms with Crippen molar-refractivity contribution in [1.29, 1.82) is 0 Å². The van der Waals surface area contributed by atoms with Crippen LogP contribution in [0.25, 0.3) is 0 Å². The Morgan fingerprint density at radius 2 is 1.96 bits per heavy atom. The van der Waals surface area contributed by atoms with Crippen molar-refractivity contribution in [3.8, 4) is 0 Å². The second kappa shape index (κ2) is 6.40. The second-order valence-corrected chi connectivity index (χ2v) is 9.20. The standard InChI is InChI=1S/C19H27NO2S/c1-3-16-10-11-18(19(14-16)12-7-13-19)20-23(21,22)15(2)17-8-5-4-6-9-17/h4-9,12,15-16,18,20H,3,10-11,13-14H2,1-2H3/t15-,16?,18?,19?/m1/s1. The maximum Gasteiger partial charge on any atom is 0.218 e. The molecule has 23 heavy (non-hydrogen) atoms. The SMILES string of the molecule is CCC1CCC(NS(=O)(=O)[C@H](C)c2ccccc2)C2(C=CC2)C1. The van der Waals surface area contributed by atoms with Crippen LogP contribution in [0.1, 0.15) is 56.8 Å². The Bertz CT molecular complexity index is 668. The predicted octanol–water partition coefficient (Wildman–Crippen LogP) is 4.19. The normalized spacial score (nSPS) is 31.7. The van der Waals surface area contributed by atoms with E-state index >= 15 is 0 Å². The zero-order valence-electron chi connectivity index (χ0n) is 14.0. The molecule has 1 spiro atoms. The van der Waals surface area contributed by atoms with E-state index in [0.717, 1.165) is 37.2 Å². The van der Waals surface area contributed by atoms with Crippen LogP contribution in [0.2, 0.25) is 0 Å². The van der Waals surface area contributed by atoms with Gasteiger partial charge in [0, 0.05) is 11.5 Å². The van der Waals surface area contributed by atoms with E-state index in [1.54, 1.807) is 6.92 Å². The molecular formula is C19H27NO2S. The molecule has 3 nitrogen and oxygen atoms in total. The number of sulfonamides is 1. The summed E-state index contributed by atoms with van der Waals surface area (Å²) in [5, 5.41) is -0.520. The Morgan fingerprint density at radius 3 is 2.52 bits per heavy atom. The summed E-state index contributed by atoms with van der Waals surface area (Å²) in [7, 11) is -3.37. The van der Waals surface area contributed by atoms with E-state index in [9.17, 15) is 8.42 Å².